The fourth-order valence-corrected chi connectivity index (χ4v) is 4.60. The number of fused-ring (bicyclic) bond motifs is 1. The summed E-state index contributed by atoms with van der Waals surface area (Å²) in [4.78, 5) is 16.1. The number of nitrogens with zero attached hydrogens (tertiary/aromatic N) is 7. The molecule has 36 heavy (non-hydrogen) atoms. The third-order valence-electron chi connectivity index (χ3n) is 5.17. The van der Waals surface area contributed by atoms with Gasteiger partial charge in [-0.2, -0.15) is 28.4 Å². The molecule has 0 radical (unpaired) electrons. The summed E-state index contributed by atoms with van der Waals surface area (Å²) in [6, 6.07) is 7.16. The molecule has 10 nitrogen and oxygen atoms in total. The van der Waals surface area contributed by atoms with Crippen molar-refractivity contribution in [3.05, 3.63) is 59.8 Å². The third-order valence-corrected chi connectivity index (χ3v) is 6.69. The maximum Gasteiger partial charge on any atom is 0.404 e. The molecule has 4 rings (SSSR count). The lowest BCUT2D eigenvalue weighted by Crippen LogP contribution is -2.42. The normalized spacial score (nSPS) is 12.8. The molecule has 1 N–H and O–H groups in total. The second-order valence-electron chi connectivity index (χ2n) is 7.69. The molecule has 1 atom stereocenters. The molecule has 0 aromatic carbocycles. The summed E-state index contributed by atoms with van der Waals surface area (Å²) >= 11 is 0. The van der Waals surface area contributed by atoms with Crippen molar-refractivity contribution in [2.24, 2.45) is 0 Å². The van der Waals surface area contributed by atoms with Gasteiger partial charge in [0.1, 0.15) is 46.6 Å². The third kappa shape index (κ3) is 4.47. The molecule has 0 saturated heterocycles. The molecular formula is C22H15F3N8O2S. The summed E-state index contributed by atoms with van der Waals surface area (Å²) in [5.41, 5.74) is 1.63. The maximum atomic E-state index is 12.8. The zero-order chi connectivity index (χ0) is 26.3. The molecule has 0 fully saturated rings. The standard InChI is InChI=1S/C22H15F3N8O2S/c1-12-5-16-17(8-27)20(33(21(16)29-9-12)19-6-14(7-26)30-11-31-19)18-4-3-15(10-28-18)36(34,35)32-13(2)22(23,24)25/h3-6,9-11,13,32H,1-2H3/t13-/m0/s1. The molecule has 182 valence electrons. The highest BCUT2D eigenvalue weighted by atomic mass is 32.2. The van der Waals surface area contributed by atoms with Crippen LogP contribution in [0.25, 0.3) is 28.2 Å². The van der Waals surface area contributed by atoms with Gasteiger partial charge in [-0.25, -0.2) is 23.4 Å². The number of nitriles is 2. The number of aryl methyl sites for hydroxylation is 1. The van der Waals surface area contributed by atoms with E-state index < -0.39 is 27.1 Å². The van der Waals surface area contributed by atoms with Gasteiger partial charge in [-0.15, -0.1) is 0 Å². The molecule has 0 aliphatic heterocycles. The second kappa shape index (κ2) is 8.99. The van der Waals surface area contributed by atoms with Crippen LogP contribution < -0.4 is 4.72 Å². The molecular weight excluding hydrogens is 497 g/mol. The number of sulfonamides is 1. The van der Waals surface area contributed by atoms with Gasteiger partial charge in [0.05, 0.1) is 17.0 Å². The Bertz CT molecular complexity index is 1670. The smallest absolute Gasteiger partial charge is 0.275 e. The minimum absolute atomic E-state index is 0.0534. The minimum atomic E-state index is -4.77. The van der Waals surface area contributed by atoms with E-state index in [4.69, 9.17) is 0 Å². The molecule has 4 aromatic heterocycles. The van der Waals surface area contributed by atoms with Crippen molar-refractivity contribution in [1.82, 2.24) is 29.2 Å². The van der Waals surface area contributed by atoms with Crippen molar-refractivity contribution in [2.75, 3.05) is 0 Å². The Kier molecular flexibility index (Phi) is 6.17. The molecule has 0 spiro atoms. The topological polar surface area (TPSA) is 150 Å². The Labute approximate surface area is 202 Å². The van der Waals surface area contributed by atoms with Crippen molar-refractivity contribution < 1.29 is 21.6 Å². The van der Waals surface area contributed by atoms with E-state index in [9.17, 15) is 32.1 Å². The summed E-state index contributed by atoms with van der Waals surface area (Å²) in [6.45, 7) is 2.47. The van der Waals surface area contributed by atoms with Crippen molar-refractivity contribution in [1.29, 1.82) is 10.5 Å². The quantitative estimate of drug-likeness (QED) is 0.428. The predicted octanol–water partition coefficient (Wildman–Crippen LogP) is 3.16. The number of alkyl halides is 3. The van der Waals surface area contributed by atoms with Gasteiger partial charge in [-0.1, -0.05) is 0 Å². The van der Waals surface area contributed by atoms with Crippen LogP contribution in [-0.2, 0) is 10.0 Å². The van der Waals surface area contributed by atoms with E-state index in [1.165, 1.54) is 23.0 Å². The number of pyridine rings is 2. The predicted molar refractivity (Wildman–Crippen MR) is 120 cm³/mol. The van der Waals surface area contributed by atoms with Gasteiger partial charge >= 0.3 is 6.18 Å². The first kappa shape index (κ1) is 24.7. The molecule has 0 saturated carbocycles. The molecule has 0 aliphatic rings. The van der Waals surface area contributed by atoms with Crippen LogP contribution in [0.1, 0.15) is 23.7 Å². The number of halogens is 3. The highest BCUT2D eigenvalue weighted by Crippen LogP contribution is 2.34. The van der Waals surface area contributed by atoms with E-state index in [1.807, 2.05) is 6.07 Å². The van der Waals surface area contributed by atoms with Gasteiger partial charge < -0.3 is 0 Å². The lowest BCUT2D eigenvalue weighted by molar-refractivity contribution is -0.147. The van der Waals surface area contributed by atoms with Crippen LogP contribution in [0.4, 0.5) is 13.2 Å². The minimum Gasteiger partial charge on any atom is -0.275 e. The van der Waals surface area contributed by atoms with Gasteiger partial charge in [0.25, 0.3) is 0 Å². The van der Waals surface area contributed by atoms with E-state index in [1.54, 1.807) is 23.9 Å². The highest BCUT2D eigenvalue weighted by Gasteiger charge is 2.39. The van der Waals surface area contributed by atoms with Crippen LogP contribution in [0.5, 0.6) is 0 Å². The molecule has 4 heterocycles. The summed E-state index contributed by atoms with van der Waals surface area (Å²) in [5, 5.41) is 19.7. The average molecular weight is 512 g/mol. The van der Waals surface area contributed by atoms with Crippen LogP contribution in [0.2, 0.25) is 0 Å². The maximum absolute atomic E-state index is 12.8. The van der Waals surface area contributed by atoms with Gasteiger partial charge in [-0.3, -0.25) is 9.55 Å². The highest BCUT2D eigenvalue weighted by molar-refractivity contribution is 7.89. The Morgan fingerprint density at radius 1 is 1.06 bits per heavy atom. The zero-order valence-electron chi connectivity index (χ0n) is 18.6. The van der Waals surface area contributed by atoms with Crippen LogP contribution in [0.15, 0.2) is 47.9 Å². The first-order chi connectivity index (χ1) is 17.0. The molecule has 0 amide bonds. The number of hydrogen-bond acceptors (Lipinski definition) is 8. The van der Waals surface area contributed by atoms with Crippen LogP contribution in [0, 0.1) is 29.6 Å². The van der Waals surface area contributed by atoms with Crippen molar-refractivity contribution >= 4 is 21.1 Å². The first-order valence-electron chi connectivity index (χ1n) is 10.2. The van der Waals surface area contributed by atoms with Crippen molar-refractivity contribution in [3.8, 4) is 29.3 Å². The van der Waals surface area contributed by atoms with Crippen LogP contribution in [-0.4, -0.2) is 45.1 Å². The molecule has 0 bridgehead atoms. The van der Waals surface area contributed by atoms with Crippen LogP contribution in [0.3, 0.4) is 0 Å². The van der Waals surface area contributed by atoms with Crippen molar-refractivity contribution in [2.45, 2.75) is 31.0 Å². The van der Waals surface area contributed by atoms with E-state index in [2.05, 4.69) is 26.0 Å². The Balaban J connectivity index is 1.91. The van der Waals surface area contributed by atoms with Gasteiger partial charge in [0.2, 0.25) is 10.0 Å². The first-order valence-corrected chi connectivity index (χ1v) is 11.6. The van der Waals surface area contributed by atoms with Gasteiger partial charge in [-0.05, 0) is 37.6 Å². The fourth-order valence-electron chi connectivity index (χ4n) is 3.43. The monoisotopic (exact) mass is 512 g/mol. The molecule has 4 aromatic rings. The Morgan fingerprint density at radius 3 is 2.42 bits per heavy atom. The number of rotatable bonds is 5. The second-order valence-corrected chi connectivity index (χ2v) is 9.41. The van der Waals surface area contributed by atoms with E-state index >= 15 is 0 Å². The summed E-state index contributed by atoms with van der Waals surface area (Å²) in [5.74, 6) is 0.207. The van der Waals surface area contributed by atoms with Crippen LogP contribution >= 0.6 is 0 Å². The summed E-state index contributed by atoms with van der Waals surface area (Å²) in [6.07, 6.45) is -1.13. The van der Waals surface area contributed by atoms with Gasteiger partial charge in [0, 0.05) is 23.8 Å². The van der Waals surface area contributed by atoms with E-state index in [-0.39, 0.29) is 28.5 Å². The van der Waals surface area contributed by atoms with Crippen molar-refractivity contribution in [3.63, 3.8) is 0 Å². The molecule has 0 aliphatic carbocycles. The Hall–Kier alpha value is -4.40. The Morgan fingerprint density at radius 2 is 1.81 bits per heavy atom. The zero-order valence-corrected chi connectivity index (χ0v) is 19.4. The number of hydrogen-bond donors (Lipinski definition) is 1. The lowest BCUT2D eigenvalue weighted by Gasteiger charge is -2.17. The number of nitrogens with one attached hydrogen (secondary N) is 1. The van der Waals surface area contributed by atoms with Gasteiger partial charge in [0.15, 0.2) is 0 Å². The molecule has 0 unspecified atom stereocenters. The largest absolute Gasteiger partial charge is 0.404 e. The van der Waals surface area contributed by atoms with E-state index in [0.717, 1.165) is 17.8 Å². The lowest BCUT2D eigenvalue weighted by atomic mass is 10.1. The molecule has 14 heteroatoms. The fraction of sp³-hybridized carbons (Fsp3) is 0.182. The number of aromatic nitrogens is 5. The SMILES string of the molecule is Cc1cnc2c(c1)c(C#N)c(-c1ccc(S(=O)(=O)N[C@@H](C)C(F)(F)F)cn1)n2-c1cc(C#N)ncn1. The van der Waals surface area contributed by atoms with E-state index in [0.29, 0.717) is 18.0 Å². The average Bonchev–Trinajstić information content (AvgIpc) is 3.16. The summed E-state index contributed by atoms with van der Waals surface area (Å²) < 4.78 is 66.4. The summed E-state index contributed by atoms with van der Waals surface area (Å²) in [7, 11) is -4.53.